The summed E-state index contributed by atoms with van der Waals surface area (Å²) < 4.78 is 0. The molecular weight excluding hydrogens is 170 g/mol. The molecule has 76 valence electrons. The van der Waals surface area contributed by atoms with Gasteiger partial charge in [-0.1, -0.05) is 37.3 Å². The molecule has 0 aliphatic carbocycles. The van der Waals surface area contributed by atoms with Gasteiger partial charge in [-0.25, -0.2) is 0 Å². The second-order valence-corrected chi connectivity index (χ2v) is 4.39. The van der Waals surface area contributed by atoms with E-state index in [1.165, 1.54) is 31.4 Å². The highest BCUT2D eigenvalue weighted by atomic mass is 14.9. The molecule has 0 saturated carbocycles. The molecule has 1 N–H and O–H groups in total. The predicted octanol–water partition coefficient (Wildman–Crippen LogP) is 3.14. The maximum atomic E-state index is 3.63. The van der Waals surface area contributed by atoms with Crippen LogP contribution in [0.25, 0.3) is 0 Å². The lowest BCUT2D eigenvalue weighted by Gasteiger charge is -2.15. The van der Waals surface area contributed by atoms with E-state index in [4.69, 9.17) is 0 Å². The smallest absolute Gasteiger partial charge is 0.0320 e. The summed E-state index contributed by atoms with van der Waals surface area (Å²) in [6, 6.07) is 11.4. The molecule has 1 heteroatoms. The van der Waals surface area contributed by atoms with Crippen molar-refractivity contribution in [1.82, 2.24) is 5.32 Å². The Labute approximate surface area is 86.5 Å². The highest BCUT2D eigenvalue weighted by Gasteiger charge is 2.16. The summed E-state index contributed by atoms with van der Waals surface area (Å²) in [5, 5.41) is 3.63. The fourth-order valence-electron chi connectivity index (χ4n) is 2.17. The van der Waals surface area contributed by atoms with Crippen molar-refractivity contribution in [2.75, 3.05) is 6.54 Å². The van der Waals surface area contributed by atoms with Crippen LogP contribution in [0.2, 0.25) is 0 Å². The van der Waals surface area contributed by atoms with E-state index >= 15 is 0 Å². The molecule has 1 saturated heterocycles. The third kappa shape index (κ3) is 2.36. The van der Waals surface area contributed by atoms with Gasteiger partial charge in [-0.15, -0.1) is 0 Å². The predicted molar refractivity (Wildman–Crippen MR) is 60.2 cm³/mol. The van der Waals surface area contributed by atoms with Crippen LogP contribution in [-0.2, 0) is 0 Å². The fourth-order valence-corrected chi connectivity index (χ4v) is 2.17. The van der Waals surface area contributed by atoms with E-state index in [9.17, 15) is 0 Å². The van der Waals surface area contributed by atoms with E-state index in [0.717, 1.165) is 5.92 Å². The van der Waals surface area contributed by atoms with Crippen LogP contribution in [0.15, 0.2) is 30.3 Å². The van der Waals surface area contributed by atoms with Crippen molar-refractivity contribution in [3.8, 4) is 0 Å². The van der Waals surface area contributed by atoms with Crippen molar-refractivity contribution in [3.63, 3.8) is 0 Å². The fraction of sp³-hybridized carbons (Fsp3) is 0.538. The number of benzene rings is 1. The van der Waals surface area contributed by atoms with Gasteiger partial charge in [0.15, 0.2) is 0 Å². The highest BCUT2D eigenvalue weighted by Crippen LogP contribution is 2.24. The zero-order valence-corrected chi connectivity index (χ0v) is 8.87. The lowest BCUT2D eigenvalue weighted by molar-refractivity contribution is 0.502. The molecular formula is C13H19N. The lowest BCUT2D eigenvalue weighted by atomic mass is 9.98. The highest BCUT2D eigenvalue weighted by molar-refractivity contribution is 5.18. The summed E-state index contributed by atoms with van der Waals surface area (Å²) in [6.07, 6.45) is 3.96. The molecule has 2 rings (SSSR count). The number of rotatable bonds is 1. The summed E-state index contributed by atoms with van der Waals surface area (Å²) in [5.41, 5.74) is 1.45. The Balaban J connectivity index is 2.04. The molecule has 14 heavy (non-hydrogen) atoms. The zero-order chi connectivity index (χ0) is 9.80. The largest absolute Gasteiger partial charge is 0.310 e. The van der Waals surface area contributed by atoms with E-state index in [1.807, 2.05) is 0 Å². The molecule has 0 aromatic heterocycles. The van der Waals surface area contributed by atoms with Crippen LogP contribution in [0.5, 0.6) is 0 Å². The van der Waals surface area contributed by atoms with Gasteiger partial charge in [0.25, 0.3) is 0 Å². The van der Waals surface area contributed by atoms with Gasteiger partial charge in [-0.05, 0) is 37.3 Å². The van der Waals surface area contributed by atoms with Crippen molar-refractivity contribution in [2.24, 2.45) is 5.92 Å². The van der Waals surface area contributed by atoms with E-state index in [1.54, 1.807) is 0 Å². The first-order chi connectivity index (χ1) is 6.86. The normalized spacial score (nSPS) is 28.4. The molecule has 1 aliphatic rings. The quantitative estimate of drug-likeness (QED) is 0.715. The third-order valence-electron chi connectivity index (χ3n) is 3.18. The van der Waals surface area contributed by atoms with Crippen molar-refractivity contribution < 1.29 is 0 Å². The molecule has 1 aliphatic heterocycles. The molecule has 1 fully saturated rings. The van der Waals surface area contributed by atoms with Gasteiger partial charge < -0.3 is 5.32 Å². The van der Waals surface area contributed by atoms with Gasteiger partial charge in [0.1, 0.15) is 0 Å². The topological polar surface area (TPSA) is 12.0 Å². The Morgan fingerprint density at radius 3 is 2.64 bits per heavy atom. The van der Waals surface area contributed by atoms with Gasteiger partial charge in [0.2, 0.25) is 0 Å². The molecule has 0 unspecified atom stereocenters. The third-order valence-corrected chi connectivity index (χ3v) is 3.18. The first-order valence-electron chi connectivity index (χ1n) is 5.64. The van der Waals surface area contributed by atoms with Crippen molar-refractivity contribution in [1.29, 1.82) is 0 Å². The Hall–Kier alpha value is -0.820. The van der Waals surface area contributed by atoms with Crippen LogP contribution in [0, 0.1) is 5.92 Å². The standard InChI is InChI=1S/C13H19N/c1-11-7-8-13(14-10-9-11)12-5-3-2-4-6-12/h2-6,11,13-14H,7-10H2,1H3/t11-,13-/m1/s1. The van der Waals surface area contributed by atoms with Gasteiger partial charge in [0.05, 0.1) is 0 Å². The van der Waals surface area contributed by atoms with Gasteiger partial charge in [-0.3, -0.25) is 0 Å². The zero-order valence-electron chi connectivity index (χ0n) is 8.87. The number of hydrogen-bond donors (Lipinski definition) is 1. The maximum Gasteiger partial charge on any atom is 0.0320 e. The molecule has 1 aromatic rings. The van der Waals surface area contributed by atoms with Crippen LogP contribution in [0.4, 0.5) is 0 Å². The molecule has 0 radical (unpaired) electrons. The van der Waals surface area contributed by atoms with Crippen LogP contribution in [0.3, 0.4) is 0 Å². The first kappa shape index (κ1) is 9.72. The van der Waals surface area contributed by atoms with Gasteiger partial charge in [-0.2, -0.15) is 0 Å². The Kier molecular flexibility index (Phi) is 3.20. The Bertz CT molecular complexity index is 268. The summed E-state index contributed by atoms with van der Waals surface area (Å²) in [4.78, 5) is 0. The Morgan fingerprint density at radius 2 is 1.86 bits per heavy atom. The van der Waals surface area contributed by atoms with E-state index < -0.39 is 0 Å². The molecule has 1 heterocycles. The number of hydrogen-bond acceptors (Lipinski definition) is 1. The van der Waals surface area contributed by atoms with E-state index in [-0.39, 0.29) is 0 Å². The summed E-state index contributed by atoms with van der Waals surface area (Å²) in [5.74, 6) is 0.885. The van der Waals surface area contributed by atoms with Gasteiger partial charge in [0, 0.05) is 6.04 Å². The van der Waals surface area contributed by atoms with Crippen LogP contribution < -0.4 is 5.32 Å². The first-order valence-corrected chi connectivity index (χ1v) is 5.64. The molecule has 0 spiro atoms. The summed E-state index contributed by atoms with van der Waals surface area (Å²) >= 11 is 0. The number of nitrogens with one attached hydrogen (secondary N) is 1. The summed E-state index contributed by atoms with van der Waals surface area (Å²) in [6.45, 7) is 3.52. The van der Waals surface area contributed by atoms with Crippen LogP contribution >= 0.6 is 0 Å². The minimum Gasteiger partial charge on any atom is -0.310 e. The van der Waals surface area contributed by atoms with Crippen molar-refractivity contribution >= 4 is 0 Å². The minimum atomic E-state index is 0.584. The van der Waals surface area contributed by atoms with Crippen LogP contribution in [0.1, 0.15) is 37.8 Å². The van der Waals surface area contributed by atoms with Crippen molar-refractivity contribution in [3.05, 3.63) is 35.9 Å². The monoisotopic (exact) mass is 189 g/mol. The minimum absolute atomic E-state index is 0.584. The molecule has 1 aromatic carbocycles. The molecule has 0 bridgehead atoms. The van der Waals surface area contributed by atoms with Crippen LogP contribution in [-0.4, -0.2) is 6.54 Å². The lowest BCUT2D eigenvalue weighted by Crippen LogP contribution is -2.20. The van der Waals surface area contributed by atoms with Crippen molar-refractivity contribution in [2.45, 2.75) is 32.2 Å². The SMILES string of the molecule is C[C@H]1CCN[C@@H](c2ccccc2)CC1. The average Bonchev–Trinajstić information content (AvgIpc) is 2.44. The second kappa shape index (κ2) is 4.61. The maximum absolute atomic E-state index is 3.63. The van der Waals surface area contributed by atoms with E-state index in [2.05, 4.69) is 42.6 Å². The molecule has 0 amide bonds. The molecule has 2 atom stereocenters. The summed E-state index contributed by atoms with van der Waals surface area (Å²) in [7, 11) is 0. The van der Waals surface area contributed by atoms with E-state index in [0.29, 0.717) is 6.04 Å². The Morgan fingerprint density at radius 1 is 1.07 bits per heavy atom. The average molecular weight is 189 g/mol. The second-order valence-electron chi connectivity index (χ2n) is 4.39. The molecule has 1 nitrogen and oxygen atoms in total. The van der Waals surface area contributed by atoms with Gasteiger partial charge >= 0.3 is 0 Å².